The summed E-state index contributed by atoms with van der Waals surface area (Å²) in [5, 5.41) is 4.07. The van der Waals surface area contributed by atoms with Crippen molar-refractivity contribution in [1.82, 2.24) is 10.1 Å². The second kappa shape index (κ2) is 5.61. The zero-order valence-electron chi connectivity index (χ0n) is 11.5. The lowest BCUT2D eigenvalue weighted by molar-refractivity contribution is 0.297. The number of hydrogen-bond acceptors (Lipinski definition) is 5. The Morgan fingerprint density at radius 2 is 2.17 bits per heavy atom. The van der Waals surface area contributed by atoms with Gasteiger partial charge >= 0.3 is 0 Å². The van der Waals surface area contributed by atoms with Crippen LogP contribution in [-0.4, -0.2) is 20.9 Å². The third-order valence-corrected chi connectivity index (χ3v) is 4.45. The van der Waals surface area contributed by atoms with Crippen molar-refractivity contribution < 1.29 is 4.52 Å². The third kappa shape index (κ3) is 3.99. The van der Waals surface area contributed by atoms with Crippen LogP contribution in [0.1, 0.15) is 64.1 Å². The zero-order chi connectivity index (χ0) is 13.2. The molecule has 1 aliphatic carbocycles. The highest BCUT2D eigenvalue weighted by molar-refractivity contribution is 7.99. The normalized spacial score (nSPS) is 25.3. The first-order valence-corrected chi connectivity index (χ1v) is 7.64. The molecule has 1 fully saturated rings. The fraction of sp³-hybridized carbons (Fsp3) is 0.846. The Kier molecular flexibility index (Phi) is 4.33. The lowest BCUT2D eigenvalue weighted by Gasteiger charge is -2.23. The first kappa shape index (κ1) is 13.9. The molecule has 1 saturated carbocycles. The van der Waals surface area contributed by atoms with Crippen LogP contribution in [0, 0.1) is 0 Å². The van der Waals surface area contributed by atoms with Gasteiger partial charge in [-0.3, -0.25) is 0 Å². The molecule has 0 saturated heterocycles. The van der Waals surface area contributed by atoms with E-state index in [4.69, 9.17) is 10.3 Å². The summed E-state index contributed by atoms with van der Waals surface area (Å²) in [5.41, 5.74) is 5.99. The van der Waals surface area contributed by atoms with Crippen molar-refractivity contribution in [2.45, 2.75) is 68.9 Å². The smallest absolute Gasteiger partial charge is 0.229 e. The maximum atomic E-state index is 5.99. The van der Waals surface area contributed by atoms with E-state index in [2.05, 4.69) is 30.9 Å². The lowest BCUT2D eigenvalue weighted by atomic mass is 9.86. The van der Waals surface area contributed by atoms with E-state index >= 15 is 0 Å². The first-order valence-electron chi connectivity index (χ1n) is 6.66. The average molecular weight is 269 g/mol. The summed E-state index contributed by atoms with van der Waals surface area (Å²) in [7, 11) is 0. The molecule has 0 bridgehead atoms. The maximum Gasteiger partial charge on any atom is 0.229 e. The molecular weight excluding hydrogens is 246 g/mol. The molecule has 0 amide bonds. The highest BCUT2D eigenvalue weighted by Crippen LogP contribution is 2.32. The van der Waals surface area contributed by atoms with Crippen LogP contribution in [0.15, 0.2) is 4.52 Å². The predicted octanol–water partition coefficient (Wildman–Crippen LogP) is 3.09. The van der Waals surface area contributed by atoms with Gasteiger partial charge in [-0.25, -0.2) is 0 Å². The van der Waals surface area contributed by atoms with Crippen molar-refractivity contribution in [1.29, 1.82) is 0 Å². The van der Waals surface area contributed by atoms with Crippen LogP contribution in [0.4, 0.5) is 0 Å². The molecule has 0 spiro atoms. The van der Waals surface area contributed by atoms with E-state index in [1.807, 2.05) is 11.8 Å². The topological polar surface area (TPSA) is 64.9 Å². The summed E-state index contributed by atoms with van der Waals surface area (Å²) in [5.74, 6) is 2.78. The number of rotatable bonds is 3. The van der Waals surface area contributed by atoms with Crippen LogP contribution in [0.5, 0.6) is 0 Å². The Bertz CT molecular complexity index is 386. The van der Waals surface area contributed by atoms with Gasteiger partial charge in [0.25, 0.3) is 0 Å². The van der Waals surface area contributed by atoms with E-state index in [1.165, 1.54) is 6.42 Å². The minimum Gasteiger partial charge on any atom is -0.339 e. The van der Waals surface area contributed by atoms with E-state index in [0.717, 1.165) is 36.7 Å². The Morgan fingerprint density at radius 1 is 1.39 bits per heavy atom. The van der Waals surface area contributed by atoms with Crippen molar-refractivity contribution in [2.24, 2.45) is 5.73 Å². The predicted molar refractivity (Wildman–Crippen MR) is 74.5 cm³/mol. The van der Waals surface area contributed by atoms with E-state index in [1.54, 1.807) is 0 Å². The van der Waals surface area contributed by atoms with Gasteiger partial charge in [-0.1, -0.05) is 32.3 Å². The Hall–Kier alpha value is -0.550. The van der Waals surface area contributed by atoms with Crippen LogP contribution in [0.25, 0.3) is 0 Å². The van der Waals surface area contributed by atoms with Gasteiger partial charge in [0.15, 0.2) is 5.82 Å². The monoisotopic (exact) mass is 269 g/mol. The molecule has 4 nitrogen and oxygen atoms in total. The Balaban J connectivity index is 1.93. The van der Waals surface area contributed by atoms with Gasteiger partial charge in [-0.2, -0.15) is 4.98 Å². The SMILES string of the molecule is CC(C)(C)SCc1noc(C2CCCC(N)C2)n1. The molecule has 1 aromatic rings. The molecular formula is C13H23N3OS. The summed E-state index contributed by atoms with van der Waals surface area (Å²) >= 11 is 1.84. The molecule has 2 rings (SSSR count). The highest BCUT2D eigenvalue weighted by Gasteiger charge is 2.25. The standard InChI is InChI=1S/C13H23N3OS/c1-13(2,3)18-8-11-15-12(17-16-11)9-5-4-6-10(14)7-9/h9-10H,4-8,14H2,1-3H3. The van der Waals surface area contributed by atoms with Crippen LogP contribution in [0.2, 0.25) is 0 Å². The first-order chi connectivity index (χ1) is 8.44. The van der Waals surface area contributed by atoms with Crippen molar-refractivity contribution in [2.75, 3.05) is 0 Å². The lowest BCUT2D eigenvalue weighted by Crippen LogP contribution is -2.26. The van der Waals surface area contributed by atoms with E-state index < -0.39 is 0 Å². The fourth-order valence-corrected chi connectivity index (χ4v) is 2.90. The Morgan fingerprint density at radius 3 is 2.83 bits per heavy atom. The highest BCUT2D eigenvalue weighted by atomic mass is 32.2. The summed E-state index contributed by atoms with van der Waals surface area (Å²) in [4.78, 5) is 4.52. The largest absolute Gasteiger partial charge is 0.339 e. The quantitative estimate of drug-likeness (QED) is 0.913. The minimum atomic E-state index is 0.230. The van der Waals surface area contributed by atoms with Gasteiger partial charge in [-0.15, -0.1) is 11.8 Å². The fourth-order valence-electron chi connectivity index (χ4n) is 2.22. The molecule has 1 heterocycles. The molecule has 0 aliphatic heterocycles. The molecule has 0 radical (unpaired) electrons. The van der Waals surface area contributed by atoms with Crippen molar-refractivity contribution in [3.63, 3.8) is 0 Å². The second-order valence-electron chi connectivity index (χ2n) is 6.07. The van der Waals surface area contributed by atoms with Crippen LogP contribution in [-0.2, 0) is 5.75 Å². The molecule has 0 aromatic carbocycles. The molecule has 2 unspecified atom stereocenters. The van der Waals surface area contributed by atoms with Gasteiger partial charge in [0.05, 0.1) is 5.75 Å². The molecule has 2 N–H and O–H groups in total. The van der Waals surface area contributed by atoms with Crippen molar-refractivity contribution in [3.8, 4) is 0 Å². The molecule has 1 aromatic heterocycles. The van der Waals surface area contributed by atoms with Crippen molar-refractivity contribution in [3.05, 3.63) is 11.7 Å². The third-order valence-electron chi connectivity index (χ3n) is 3.18. The molecule has 1 aliphatic rings. The van der Waals surface area contributed by atoms with E-state index in [-0.39, 0.29) is 4.75 Å². The summed E-state index contributed by atoms with van der Waals surface area (Å²) in [6, 6.07) is 0.294. The number of thioether (sulfide) groups is 1. The van der Waals surface area contributed by atoms with E-state index in [9.17, 15) is 0 Å². The number of nitrogens with zero attached hydrogens (tertiary/aromatic N) is 2. The van der Waals surface area contributed by atoms with Gasteiger partial charge < -0.3 is 10.3 Å². The Labute approximate surface area is 113 Å². The van der Waals surface area contributed by atoms with Crippen LogP contribution < -0.4 is 5.73 Å². The van der Waals surface area contributed by atoms with Gasteiger partial charge in [-0.05, 0) is 19.3 Å². The van der Waals surface area contributed by atoms with Crippen LogP contribution >= 0.6 is 11.8 Å². The average Bonchev–Trinajstić information content (AvgIpc) is 2.74. The molecule has 102 valence electrons. The minimum absolute atomic E-state index is 0.230. The zero-order valence-corrected chi connectivity index (χ0v) is 12.3. The van der Waals surface area contributed by atoms with Gasteiger partial charge in [0, 0.05) is 16.7 Å². The van der Waals surface area contributed by atoms with Gasteiger partial charge in [0.1, 0.15) is 0 Å². The molecule has 18 heavy (non-hydrogen) atoms. The second-order valence-corrected chi connectivity index (χ2v) is 7.88. The molecule has 5 heteroatoms. The summed E-state index contributed by atoms with van der Waals surface area (Å²) in [6.07, 6.45) is 4.40. The number of nitrogens with two attached hydrogens (primary N) is 1. The van der Waals surface area contributed by atoms with Crippen LogP contribution in [0.3, 0.4) is 0 Å². The summed E-state index contributed by atoms with van der Waals surface area (Å²) in [6.45, 7) is 6.58. The summed E-state index contributed by atoms with van der Waals surface area (Å²) < 4.78 is 5.62. The maximum absolute atomic E-state index is 5.99. The van der Waals surface area contributed by atoms with Crippen molar-refractivity contribution >= 4 is 11.8 Å². The molecule has 2 atom stereocenters. The number of hydrogen-bond donors (Lipinski definition) is 1. The number of aromatic nitrogens is 2. The van der Waals surface area contributed by atoms with Gasteiger partial charge in [0.2, 0.25) is 5.89 Å². The van der Waals surface area contributed by atoms with E-state index in [0.29, 0.717) is 12.0 Å².